The van der Waals surface area contributed by atoms with E-state index in [4.69, 9.17) is 10.00 Å². The third-order valence-electron chi connectivity index (χ3n) is 4.86. The molecule has 1 amide bonds. The fraction of sp³-hybridized carbons (Fsp3) is 0.0385. The van der Waals surface area contributed by atoms with Gasteiger partial charge in [0.05, 0.1) is 23.4 Å². The average Bonchev–Trinajstić information content (AvgIpc) is 2.83. The third kappa shape index (κ3) is 4.85. The molecule has 0 aliphatic carbocycles. The van der Waals surface area contributed by atoms with E-state index in [2.05, 4.69) is 32.5 Å². The molecule has 0 radical (unpaired) electrons. The normalized spacial score (nSPS) is 10.8. The molecular weight excluding hydrogens is 466 g/mol. The molecule has 4 aromatic rings. The molecule has 0 fully saturated rings. The molecule has 5 nitrogen and oxygen atoms in total. The van der Waals surface area contributed by atoms with Gasteiger partial charge >= 0.3 is 0 Å². The largest absolute Gasteiger partial charge is 0.488 e. The van der Waals surface area contributed by atoms with Crippen LogP contribution in [0.3, 0.4) is 0 Å². The molecule has 6 heteroatoms. The van der Waals surface area contributed by atoms with Crippen molar-refractivity contribution in [3.63, 3.8) is 0 Å². The van der Waals surface area contributed by atoms with E-state index in [-0.39, 0.29) is 5.91 Å². The van der Waals surface area contributed by atoms with E-state index in [1.165, 1.54) is 0 Å². The van der Waals surface area contributed by atoms with Crippen molar-refractivity contribution in [2.75, 3.05) is 0 Å². The molecule has 4 rings (SSSR count). The molecular formula is C26H18BrN3O2. The minimum Gasteiger partial charge on any atom is -0.488 e. The number of benzene rings is 4. The zero-order valence-corrected chi connectivity index (χ0v) is 18.5. The van der Waals surface area contributed by atoms with Gasteiger partial charge in [0.25, 0.3) is 5.91 Å². The molecule has 0 aliphatic heterocycles. The number of amides is 1. The van der Waals surface area contributed by atoms with E-state index in [1.54, 1.807) is 36.5 Å². The Kier molecular flexibility index (Phi) is 6.59. The Labute approximate surface area is 194 Å². The van der Waals surface area contributed by atoms with Gasteiger partial charge in [0.1, 0.15) is 12.4 Å². The average molecular weight is 484 g/mol. The lowest BCUT2D eigenvalue weighted by Crippen LogP contribution is -2.18. The minimum atomic E-state index is -0.315. The van der Waals surface area contributed by atoms with Gasteiger partial charge in [-0.3, -0.25) is 4.79 Å². The molecule has 0 atom stereocenters. The first-order valence-electron chi connectivity index (χ1n) is 9.87. The van der Waals surface area contributed by atoms with Gasteiger partial charge in [-0.15, -0.1) is 0 Å². The second-order valence-corrected chi connectivity index (χ2v) is 7.83. The van der Waals surface area contributed by atoms with Crippen molar-refractivity contribution in [2.45, 2.75) is 6.61 Å². The standard InChI is InChI=1S/C26H18BrN3O2/c27-24-11-4-3-10-22(24)26(31)30-29-16-23-21-9-2-1-8-20(21)12-13-25(23)32-17-19-7-5-6-18(14-19)15-28/h1-14,16H,17H2,(H,30,31)/b29-16-. The van der Waals surface area contributed by atoms with Crippen LogP contribution in [0.1, 0.15) is 27.0 Å². The number of carbonyl (C=O) groups excluding carboxylic acids is 1. The lowest BCUT2D eigenvalue weighted by molar-refractivity contribution is 0.0954. The number of ether oxygens (including phenoxy) is 1. The number of hydrogen-bond donors (Lipinski definition) is 1. The Balaban J connectivity index is 1.60. The van der Waals surface area contributed by atoms with Crippen molar-refractivity contribution in [1.29, 1.82) is 5.26 Å². The summed E-state index contributed by atoms with van der Waals surface area (Å²) >= 11 is 3.38. The molecule has 0 heterocycles. The van der Waals surface area contributed by atoms with E-state index in [0.29, 0.717) is 28.0 Å². The second kappa shape index (κ2) is 9.90. The summed E-state index contributed by atoms with van der Waals surface area (Å²) in [5, 5.41) is 15.3. The predicted molar refractivity (Wildman–Crippen MR) is 129 cm³/mol. The van der Waals surface area contributed by atoms with Crippen LogP contribution >= 0.6 is 15.9 Å². The van der Waals surface area contributed by atoms with Gasteiger partial charge in [0.15, 0.2) is 0 Å². The van der Waals surface area contributed by atoms with E-state index >= 15 is 0 Å². The topological polar surface area (TPSA) is 74.5 Å². The summed E-state index contributed by atoms with van der Waals surface area (Å²) in [6, 6.07) is 28.3. The summed E-state index contributed by atoms with van der Waals surface area (Å²) in [6.07, 6.45) is 1.60. The molecule has 0 spiro atoms. The van der Waals surface area contributed by atoms with E-state index in [0.717, 1.165) is 21.9 Å². The van der Waals surface area contributed by atoms with Gasteiger partial charge in [-0.25, -0.2) is 5.43 Å². The molecule has 0 saturated heterocycles. The van der Waals surface area contributed by atoms with Gasteiger partial charge in [-0.05, 0) is 62.6 Å². The summed E-state index contributed by atoms with van der Waals surface area (Å²) in [4.78, 5) is 12.5. The number of carbonyl (C=O) groups is 1. The quantitative estimate of drug-likeness (QED) is 0.277. The molecule has 4 aromatic carbocycles. The maximum Gasteiger partial charge on any atom is 0.272 e. The molecule has 32 heavy (non-hydrogen) atoms. The van der Waals surface area contributed by atoms with Crippen LogP contribution in [0.2, 0.25) is 0 Å². The van der Waals surface area contributed by atoms with Crippen LogP contribution in [0, 0.1) is 11.3 Å². The molecule has 0 aliphatic rings. The van der Waals surface area contributed by atoms with Crippen molar-refractivity contribution < 1.29 is 9.53 Å². The first kappa shape index (κ1) is 21.3. The lowest BCUT2D eigenvalue weighted by Gasteiger charge is -2.12. The molecule has 0 saturated carbocycles. The molecule has 0 bridgehead atoms. The molecule has 156 valence electrons. The van der Waals surface area contributed by atoms with Gasteiger partial charge in [-0.1, -0.05) is 54.6 Å². The fourth-order valence-corrected chi connectivity index (χ4v) is 3.75. The number of hydrogen-bond acceptors (Lipinski definition) is 4. The first-order chi connectivity index (χ1) is 15.7. The van der Waals surface area contributed by atoms with Crippen molar-refractivity contribution >= 4 is 38.8 Å². The van der Waals surface area contributed by atoms with Crippen LogP contribution in [-0.2, 0) is 6.61 Å². The summed E-state index contributed by atoms with van der Waals surface area (Å²) in [5.74, 6) is 0.315. The predicted octanol–water partition coefficient (Wildman–Crippen LogP) is 5.82. The minimum absolute atomic E-state index is 0.304. The Morgan fingerprint density at radius 2 is 1.84 bits per heavy atom. The fourth-order valence-electron chi connectivity index (χ4n) is 3.29. The SMILES string of the molecule is N#Cc1cccc(COc2ccc3ccccc3c2/C=N\NC(=O)c2ccccc2Br)c1. The second-order valence-electron chi connectivity index (χ2n) is 6.98. The maximum absolute atomic E-state index is 12.5. The van der Waals surface area contributed by atoms with E-state index in [9.17, 15) is 4.79 Å². The number of nitriles is 1. The van der Waals surface area contributed by atoms with Gasteiger partial charge in [0, 0.05) is 10.0 Å². The zero-order chi connectivity index (χ0) is 22.3. The van der Waals surface area contributed by atoms with Crippen LogP contribution < -0.4 is 10.2 Å². The van der Waals surface area contributed by atoms with Crippen LogP contribution in [0.15, 0.2) is 94.5 Å². The molecule has 1 N–H and O–H groups in total. The maximum atomic E-state index is 12.5. The highest BCUT2D eigenvalue weighted by Gasteiger charge is 2.10. The van der Waals surface area contributed by atoms with Crippen molar-refractivity contribution in [3.05, 3.63) is 112 Å². The number of nitrogens with one attached hydrogen (secondary N) is 1. The number of nitrogens with zero attached hydrogens (tertiary/aromatic N) is 2. The molecule has 0 aromatic heterocycles. The highest BCUT2D eigenvalue weighted by molar-refractivity contribution is 9.10. The number of hydrazone groups is 1. The van der Waals surface area contributed by atoms with Crippen LogP contribution in [0.25, 0.3) is 10.8 Å². The number of rotatable bonds is 6. The van der Waals surface area contributed by atoms with Crippen LogP contribution in [0.5, 0.6) is 5.75 Å². The van der Waals surface area contributed by atoms with Crippen molar-refractivity contribution in [2.24, 2.45) is 5.10 Å². The monoisotopic (exact) mass is 483 g/mol. The highest BCUT2D eigenvalue weighted by atomic mass is 79.9. The number of fused-ring (bicyclic) bond motifs is 1. The Bertz CT molecular complexity index is 1360. The Morgan fingerprint density at radius 1 is 1.03 bits per heavy atom. The van der Waals surface area contributed by atoms with E-state index < -0.39 is 0 Å². The number of halogens is 1. The molecule has 0 unspecified atom stereocenters. The smallest absolute Gasteiger partial charge is 0.272 e. The van der Waals surface area contributed by atoms with Crippen LogP contribution in [-0.4, -0.2) is 12.1 Å². The zero-order valence-electron chi connectivity index (χ0n) is 17.0. The summed E-state index contributed by atoms with van der Waals surface area (Å²) < 4.78 is 6.77. The Morgan fingerprint density at radius 3 is 2.69 bits per heavy atom. The van der Waals surface area contributed by atoms with Gasteiger partial charge < -0.3 is 4.74 Å². The lowest BCUT2D eigenvalue weighted by atomic mass is 10.0. The van der Waals surface area contributed by atoms with E-state index in [1.807, 2.05) is 54.6 Å². The summed E-state index contributed by atoms with van der Waals surface area (Å²) in [5.41, 5.74) is 5.31. The van der Waals surface area contributed by atoms with Gasteiger partial charge in [-0.2, -0.15) is 10.4 Å². The van der Waals surface area contributed by atoms with Crippen LogP contribution in [0.4, 0.5) is 0 Å². The third-order valence-corrected chi connectivity index (χ3v) is 5.55. The first-order valence-corrected chi connectivity index (χ1v) is 10.7. The Hall–Kier alpha value is -3.95. The van der Waals surface area contributed by atoms with Crippen molar-refractivity contribution in [3.8, 4) is 11.8 Å². The van der Waals surface area contributed by atoms with Crippen molar-refractivity contribution in [1.82, 2.24) is 5.43 Å². The summed E-state index contributed by atoms with van der Waals surface area (Å²) in [7, 11) is 0. The van der Waals surface area contributed by atoms with Gasteiger partial charge in [0.2, 0.25) is 0 Å². The summed E-state index contributed by atoms with van der Waals surface area (Å²) in [6.45, 7) is 0.304. The highest BCUT2D eigenvalue weighted by Crippen LogP contribution is 2.27.